The van der Waals surface area contributed by atoms with Crippen molar-refractivity contribution in [3.63, 3.8) is 0 Å². The minimum absolute atomic E-state index is 0.111. The fourth-order valence-electron chi connectivity index (χ4n) is 2.97. The molecule has 0 fully saturated rings. The Kier molecular flexibility index (Phi) is 7.26. The predicted molar refractivity (Wildman–Crippen MR) is 111 cm³/mol. The van der Waals surface area contributed by atoms with E-state index in [1.165, 1.54) is 0 Å². The van der Waals surface area contributed by atoms with Crippen molar-refractivity contribution in [3.8, 4) is 5.75 Å². The highest BCUT2D eigenvalue weighted by molar-refractivity contribution is 5.82. The topological polar surface area (TPSA) is 84.9 Å². The standard InChI is InChI=1S/C23H29NO5/c1-15-11-18(25)12-16(2)19(15)13-20(24-22(27)29-23(3,4)5)21(26)28-14-17-9-7-6-8-10-17/h6-12,20,25H,13-14H2,1-5H3,(H,24,27)/t20-/m0/s1. The third kappa shape index (κ3) is 7.14. The van der Waals surface area contributed by atoms with Gasteiger partial charge in [0.2, 0.25) is 0 Å². The molecule has 0 radical (unpaired) electrons. The second kappa shape index (κ2) is 9.45. The number of aryl methyl sites for hydroxylation is 2. The molecule has 0 bridgehead atoms. The molecular weight excluding hydrogens is 370 g/mol. The van der Waals surface area contributed by atoms with E-state index in [1.807, 2.05) is 44.2 Å². The molecular formula is C23H29NO5. The van der Waals surface area contributed by atoms with Crippen molar-refractivity contribution >= 4 is 12.1 Å². The second-order valence-corrected chi connectivity index (χ2v) is 8.05. The molecule has 0 saturated carbocycles. The van der Waals surface area contributed by atoms with Gasteiger partial charge in [-0.1, -0.05) is 30.3 Å². The first-order valence-electron chi connectivity index (χ1n) is 9.54. The number of nitrogens with one attached hydrogen (secondary N) is 1. The Bertz CT molecular complexity index is 832. The summed E-state index contributed by atoms with van der Waals surface area (Å²) >= 11 is 0. The number of benzene rings is 2. The van der Waals surface area contributed by atoms with Gasteiger partial charge in [0.05, 0.1) is 0 Å². The molecule has 6 heteroatoms. The van der Waals surface area contributed by atoms with E-state index in [1.54, 1.807) is 32.9 Å². The Morgan fingerprint density at radius 2 is 1.66 bits per heavy atom. The Morgan fingerprint density at radius 3 is 2.21 bits per heavy atom. The molecule has 0 aliphatic heterocycles. The van der Waals surface area contributed by atoms with Crippen molar-refractivity contribution in [2.45, 2.75) is 59.3 Å². The number of rotatable bonds is 6. The van der Waals surface area contributed by atoms with Gasteiger partial charge in [0.15, 0.2) is 0 Å². The van der Waals surface area contributed by atoms with Crippen LogP contribution in [0.3, 0.4) is 0 Å². The Labute approximate surface area is 171 Å². The summed E-state index contributed by atoms with van der Waals surface area (Å²) in [5.41, 5.74) is 2.69. The van der Waals surface area contributed by atoms with Gasteiger partial charge >= 0.3 is 12.1 Å². The van der Waals surface area contributed by atoms with Gasteiger partial charge in [0.25, 0.3) is 0 Å². The highest BCUT2D eigenvalue weighted by Crippen LogP contribution is 2.22. The zero-order valence-corrected chi connectivity index (χ0v) is 17.6. The van der Waals surface area contributed by atoms with Crippen molar-refractivity contribution in [2.24, 2.45) is 0 Å². The lowest BCUT2D eigenvalue weighted by molar-refractivity contribution is -0.147. The molecule has 2 N–H and O–H groups in total. The number of esters is 1. The maximum atomic E-state index is 12.8. The molecule has 2 aromatic carbocycles. The van der Waals surface area contributed by atoms with E-state index >= 15 is 0 Å². The smallest absolute Gasteiger partial charge is 0.408 e. The van der Waals surface area contributed by atoms with Gasteiger partial charge in [-0.3, -0.25) is 0 Å². The zero-order chi connectivity index (χ0) is 21.6. The van der Waals surface area contributed by atoms with Crippen LogP contribution in [-0.2, 0) is 27.3 Å². The van der Waals surface area contributed by atoms with Gasteiger partial charge in [-0.15, -0.1) is 0 Å². The van der Waals surface area contributed by atoms with Gasteiger partial charge in [-0.05, 0) is 69.0 Å². The zero-order valence-electron chi connectivity index (χ0n) is 17.6. The van der Waals surface area contributed by atoms with Gasteiger partial charge < -0.3 is 19.9 Å². The van der Waals surface area contributed by atoms with Crippen molar-refractivity contribution in [2.75, 3.05) is 0 Å². The lowest BCUT2D eigenvalue weighted by atomic mass is 9.96. The van der Waals surface area contributed by atoms with Crippen molar-refractivity contribution < 1.29 is 24.2 Å². The van der Waals surface area contributed by atoms with Crippen LogP contribution in [0.4, 0.5) is 4.79 Å². The number of hydrogen-bond acceptors (Lipinski definition) is 5. The molecule has 0 unspecified atom stereocenters. The lowest BCUT2D eigenvalue weighted by Crippen LogP contribution is -2.45. The number of phenols is 1. The first kappa shape index (κ1) is 22.3. The molecule has 0 saturated heterocycles. The Hall–Kier alpha value is -3.02. The highest BCUT2D eigenvalue weighted by atomic mass is 16.6. The molecule has 0 aliphatic rings. The molecule has 0 aliphatic carbocycles. The minimum atomic E-state index is -0.921. The molecule has 0 heterocycles. The number of carbonyl (C=O) groups is 2. The summed E-state index contributed by atoms with van der Waals surface area (Å²) in [5.74, 6) is -0.390. The number of hydrogen-bond donors (Lipinski definition) is 2. The quantitative estimate of drug-likeness (QED) is 0.712. The third-order valence-electron chi connectivity index (χ3n) is 4.29. The summed E-state index contributed by atoms with van der Waals surface area (Å²) in [5, 5.41) is 12.4. The summed E-state index contributed by atoms with van der Waals surface area (Å²) in [7, 11) is 0. The van der Waals surface area contributed by atoms with Crippen molar-refractivity contribution in [1.82, 2.24) is 5.32 Å². The maximum absolute atomic E-state index is 12.8. The summed E-state index contributed by atoms with van der Waals surface area (Å²) in [4.78, 5) is 25.1. The molecule has 156 valence electrons. The lowest BCUT2D eigenvalue weighted by Gasteiger charge is -2.24. The summed E-state index contributed by atoms with van der Waals surface area (Å²) in [6, 6.07) is 11.7. The molecule has 6 nitrogen and oxygen atoms in total. The molecule has 2 aromatic rings. The number of aromatic hydroxyl groups is 1. The first-order valence-corrected chi connectivity index (χ1v) is 9.54. The largest absolute Gasteiger partial charge is 0.508 e. The van der Waals surface area contributed by atoms with Gasteiger partial charge in [0.1, 0.15) is 24.0 Å². The molecule has 2 rings (SSSR count). The SMILES string of the molecule is Cc1cc(O)cc(C)c1C[C@H](NC(=O)OC(C)(C)C)C(=O)OCc1ccccc1. The average Bonchev–Trinajstić information content (AvgIpc) is 2.61. The number of ether oxygens (including phenoxy) is 2. The number of phenolic OH excluding ortho intramolecular Hbond substituents is 1. The van der Waals surface area contributed by atoms with Crippen LogP contribution in [-0.4, -0.2) is 28.8 Å². The Morgan fingerprint density at radius 1 is 1.07 bits per heavy atom. The van der Waals surface area contributed by atoms with Crippen molar-refractivity contribution in [1.29, 1.82) is 0 Å². The summed E-state index contributed by atoms with van der Waals surface area (Å²) < 4.78 is 10.7. The van der Waals surface area contributed by atoms with E-state index in [2.05, 4.69) is 5.32 Å². The summed E-state index contributed by atoms with van der Waals surface area (Å²) in [6.45, 7) is 9.07. The number of carbonyl (C=O) groups excluding carboxylic acids is 2. The number of alkyl carbamates (subject to hydrolysis) is 1. The Balaban J connectivity index is 2.18. The van der Waals surface area contributed by atoms with Crippen LogP contribution < -0.4 is 5.32 Å². The number of amides is 1. The normalized spacial score (nSPS) is 12.2. The highest BCUT2D eigenvalue weighted by Gasteiger charge is 2.27. The van der Waals surface area contributed by atoms with Crippen LogP contribution in [0.1, 0.15) is 43.0 Å². The van der Waals surface area contributed by atoms with Crippen LogP contribution in [0.5, 0.6) is 5.75 Å². The molecule has 1 atom stereocenters. The molecule has 29 heavy (non-hydrogen) atoms. The van der Waals surface area contributed by atoms with Crippen LogP contribution in [0.2, 0.25) is 0 Å². The van der Waals surface area contributed by atoms with Crippen molar-refractivity contribution in [3.05, 3.63) is 64.7 Å². The van der Waals surface area contributed by atoms with E-state index in [9.17, 15) is 14.7 Å². The monoisotopic (exact) mass is 399 g/mol. The fourth-order valence-corrected chi connectivity index (χ4v) is 2.97. The van der Waals surface area contributed by atoms with E-state index in [4.69, 9.17) is 9.47 Å². The van der Waals surface area contributed by atoms with Gasteiger partial charge in [0, 0.05) is 6.42 Å². The second-order valence-electron chi connectivity index (χ2n) is 8.05. The van der Waals surface area contributed by atoms with Crippen LogP contribution >= 0.6 is 0 Å². The first-order chi connectivity index (χ1) is 13.5. The van der Waals surface area contributed by atoms with Crippen LogP contribution in [0.15, 0.2) is 42.5 Å². The van der Waals surface area contributed by atoms with Crippen LogP contribution in [0.25, 0.3) is 0 Å². The van der Waals surface area contributed by atoms with E-state index < -0.39 is 23.7 Å². The van der Waals surface area contributed by atoms with E-state index in [0.717, 1.165) is 22.3 Å². The minimum Gasteiger partial charge on any atom is -0.508 e. The molecule has 1 amide bonds. The average molecular weight is 399 g/mol. The summed E-state index contributed by atoms with van der Waals surface area (Å²) in [6.07, 6.45) is -0.460. The van der Waals surface area contributed by atoms with Crippen LogP contribution in [0, 0.1) is 13.8 Å². The van der Waals surface area contributed by atoms with E-state index in [0.29, 0.717) is 0 Å². The molecule has 0 aromatic heterocycles. The maximum Gasteiger partial charge on any atom is 0.408 e. The van der Waals surface area contributed by atoms with Gasteiger partial charge in [-0.2, -0.15) is 0 Å². The fraction of sp³-hybridized carbons (Fsp3) is 0.391. The van der Waals surface area contributed by atoms with Gasteiger partial charge in [-0.25, -0.2) is 9.59 Å². The van der Waals surface area contributed by atoms with E-state index in [-0.39, 0.29) is 18.8 Å². The predicted octanol–water partition coefficient (Wildman–Crippen LogP) is 4.19. The third-order valence-corrected chi connectivity index (χ3v) is 4.29. The molecule has 0 spiro atoms.